The number of carbonyl (C=O) groups excluding carboxylic acids is 4. The van der Waals surface area contributed by atoms with E-state index in [2.05, 4.69) is 21.4 Å². The number of carbonyl (C=O) groups is 4. The standard InChI is InChI=1S/C16H33N5O6.C8H16O4/c17-21-10-8-19-6-5-18-7-9-20-16(25)27-13-14(23)12-26-15(24)4-2-1-3-11-22;1-6(2)8(10)12-7(4-9)5-11-3/h11,14,18-19,21,23H,1-10,12-13,17H2,(H,20,25);6-7,9H,4-5H2,1-3H3. The molecule has 1 amide bonds. The monoisotopic (exact) mass is 567 g/mol. The van der Waals surface area contributed by atoms with Crippen molar-refractivity contribution in [2.24, 2.45) is 11.8 Å². The summed E-state index contributed by atoms with van der Waals surface area (Å²) in [6, 6.07) is 0. The zero-order chi connectivity index (χ0) is 29.7. The average Bonchev–Trinajstić information content (AvgIpc) is 2.92. The van der Waals surface area contributed by atoms with Gasteiger partial charge in [-0.2, -0.15) is 0 Å². The third kappa shape index (κ3) is 28.4. The van der Waals surface area contributed by atoms with Crippen LogP contribution in [0.4, 0.5) is 4.79 Å². The second-order valence-corrected chi connectivity index (χ2v) is 8.58. The summed E-state index contributed by atoms with van der Waals surface area (Å²) in [5, 5.41) is 27.2. The number of aliphatic hydroxyl groups excluding tert-OH is 2. The van der Waals surface area contributed by atoms with Crippen LogP contribution in [0.3, 0.4) is 0 Å². The summed E-state index contributed by atoms with van der Waals surface area (Å²) in [7, 11) is 1.49. The van der Waals surface area contributed by atoms with E-state index in [0.717, 1.165) is 25.9 Å². The zero-order valence-corrected chi connectivity index (χ0v) is 23.4. The first-order chi connectivity index (χ1) is 18.7. The molecule has 8 N–H and O–H groups in total. The molecule has 2 atom stereocenters. The van der Waals surface area contributed by atoms with Gasteiger partial charge in [0.15, 0.2) is 0 Å². The molecule has 0 saturated carbocycles. The smallest absolute Gasteiger partial charge is 0.407 e. The van der Waals surface area contributed by atoms with Gasteiger partial charge in [-0.3, -0.25) is 20.9 Å². The van der Waals surface area contributed by atoms with Crippen LogP contribution in [0.2, 0.25) is 0 Å². The van der Waals surface area contributed by atoms with Crippen molar-refractivity contribution in [1.29, 1.82) is 0 Å². The quantitative estimate of drug-likeness (QED) is 0.0181. The van der Waals surface area contributed by atoms with Crippen molar-refractivity contribution in [3.8, 4) is 0 Å². The van der Waals surface area contributed by atoms with Crippen molar-refractivity contribution in [1.82, 2.24) is 21.4 Å². The molecule has 0 aliphatic rings. The highest BCUT2D eigenvalue weighted by atomic mass is 16.6. The van der Waals surface area contributed by atoms with Crippen molar-refractivity contribution < 1.29 is 48.3 Å². The fourth-order valence-electron chi connectivity index (χ4n) is 2.48. The van der Waals surface area contributed by atoms with E-state index in [1.807, 2.05) is 0 Å². The van der Waals surface area contributed by atoms with Gasteiger partial charge < -0.3 is 49.9 Å². The van der Waals surface area contributed by atoms with Crippen LogP contribution in [0.25, 0.3) is 0 Å². The van der Waals surface area contributed by atoms with Crippen LogP contribution in [0.5, 0.6) is 0 Å². The van der Waals surface area contributed by atoms with Crippen LogP contribution in [-0.2, 0) is 33.3 Å². The Kier molecular flexibility index (Phi) is 28.4. The molecule has 0 aromatic rings. The molecule has 15 heteroatoms. The maximum Gasteiger partial charge on any atom is 0.407 e. The highest BCUT2D eigenvalue weighted by molar-refractivity contribution is 5.71. The Morgan fingerprint density at radius 2 is 1.54 bits per heavy atom. The third-order valence-corrected chi connectivity index (χ3v) is 4.60. The molecular formula is C24H49N5O10. The number of unbranched alkanes of at least 4 members (excludes halogenated alkanes) is 2. The van der Waals surface area contributed by atoms with Crippen LogP contribution in [-0.4, -0.2) is 120 Å². The maximum atomic E-state index is 11.5. The summed E-state index contributed by atoms with van der Waals surface area (Å²) >= 11 is 0. The Hall–Kier alpha value is -2.40. The fourth-order valence-corrected chi connectivity index (χ4v) is 2.48. The van der Waals surface area contributed by atoms with Crippen LogP contribution >= 0.6 is 0 Å². The molecule has 0 aromatic heterocycles. The lowest BCUT2D eigenvalue weighted by Crippen LogP contribution is -2.38. The Bertz CT molecular complexity index is 628. The summed E-state index contributed by atoms with van der Waals surface area (Å²) in [6.07, 6.45) is 0.318. The highest BCUT2D eigenvalue weighted by Gasteiger charge is 2.15. The van der Waals surface area contributed by atoms with Gasteiger partial charge in [0.25, 0.3) is 0 Å². The summed E-state index contributed by atoms with van der Waals surface area (Å²) in [5.74, 6) is 4.19. The van der Waals surface area contributed by atoms with Crippen LogP contribution in [0, 0.1) is 5.92 Å². The highest BCUT2D eigenvalue weighted by Crippen LogP contribution is 2.01. The third-order valence-electron chi connectivity index (χ3n) is 4.60. The molecule has 230 valence electrons. The maximum absolute atomic E-state index is 11.5. The number of rotatable bonds is 23. The van der Waals surface area contributed by atoms with E-state index in [0.29, 0.717) is 38.9 Å². The predicted octanol–water partition coefficient (Wildman–Crippen LogP) is -1.79. The van der Waals surface area contributed by atoms with Gasteiger partial charge in [0.05, 0.1) is 19.1 Å². The Balaban J connectivity index is 0. The van der Waals surface area contributed by atoms with Gasteiger partial charge in [-0.25, -0.2) is 4.79 Å². The van der Waals surface area contributed by atoms with E-state index >= 15 is 0 Å². The minimum atomic E-state index is -1.08. The number of ether oxygens (including phenoxy) is 4. The molecule has 0 aliphatic carbocycles. The molecule has 39 heavy (non-hydrogen) atoms. The summed E-state index contributed by atoms with van der Waals surface area (Å²) < 4.78 is 19.3. The van der Waals surface area contributed by atoms with Gasteiger partial charge in [0.2, 0.25) is 0 Å². The number of aliphatic hydroxyl groups is 2. The summed E-state index contributed by atoms with van der Waals surface area (Å²) in [4.78, 5) is 44.0. The number of aldehydes is 1. The zero-order valence-electron chi connectivity index (χ0n) is 23.4. The fraction of sp³-hybridized carbons (Fsp3) is 0.833. The van der Waals surface area contributed by atoms with Gasteiger partial charge in [-0.1, -0.05) is 13.8 Å². The molecule has 0 saturated heterocycles. The van der Waals surface area contributed by atoms with Crippen LogP contribution in [0.1, 0.15) is 39.5 Å². The van der Waals surface area contributed by atoms with Crippen LogP contribution in [0.15, 0.2) is 0 Å². The largest absolute Gasteiger partial charge is 0.463 e. The Morgan fingerprint density at radius 1 is 0.923 bits per heavy atom. The molecule has 0 spiro atoms. The molecular weight excluding hydrogens is 518 g/mol. The molecule has 2 unspecified atom stereocenters. The first-order valence-electron chi connectivity index (χ1n) is 13.0. The van der Waals surface area contributed by atoms with Crippen molar-refractivity contribution in [3.63, 3.8) is 0 Å². The van der Waals surface area contributed by atoms with Crippen molar-refractivity contribution in [3.05, 3.63) is 0 Å². The summed E-state index contributed by atoms with van der Waals surface area (Å²) in [6.45, 7) is 6.97. The lowest BCUT2D eigenvalue weighted by atomic mass is 10.2. The van der Waals surface area contributed by atoms with E-state index in [4.69, 9.17) is 29.9 Å². The molecule has 0 rings (SSSR count). The number of hydrogen-bond acceptors (Lipinski definition) is 14. The SMILES string of the molecule is COCC(CO)OC(=O)C(C)C.NNCCNCCNCCNC(=O)OCC(O)COC(=O)CCCCC=O. The Labute approximate surface area is 230 Å². The number of esters is 2. The van der Waals surface area contributed by atoms with Crippen LogP contribution < -0.4 is 27.2 Å². The molecule has 0 bridgehead atoms. The van der Waals surface area contributed by atoms with E-state index in [1.165, 1.54) is 7.11 Å². The topological polar surface area (TPSA) is 220 Å². The minimum Gasteiger partial charge on any atom is -0.463 e. The van der Waals surface area contributed by atoms with Gasteiger partial charge in [-0.05, 0) is 12.8 Å². The molecule has 0 aliphatic heterocycles. The van der Waals surface area contributed by atoms with Gasteiger partial charge in [0.1, 0.15) is 31.7 Å². The van der Waals surface area contributed by atoms with E-state index in [1.54, 1.807) is 13.8 Å². The molecule has 0 aromatic carbocycles. The van der Waals surface area contributed by atoms with Gasteiger partial charge in [-0.15, -0.1) is 0 Å². The molecule has 0 radical (unpaired) electrons. The minimum absolute atomic E-state index is 0.170. The van der Waals surface area contributed by atoms with Gasteiger partial charge in [0, 0.05) is 59.2 Å². The van der Waals surface area contributed by atoms with E-state index in [-0.39, 0.29) is 44.7 Å². The number of nitrogens with one attached hydrogen (secondary N) is 4. The number of methoxy groups -OCH3 is 1. The number of hydrogen-bond donors (Lipinski definition) is 7. The van der Waals surface area contributed by atoms with Crippen molar-refractivity contribution in [2.45, 2.75) is 51.7 Å². The number of hydrazine groups is 1. The Morgan fingerprint density at radius 3 is 2.10 bits per heavy atom. The molecule has 0 heterocycles. The lowest BCUT2D eigenvalue weighted by molar-refractivity contribution is -0.157. The van der Waals surface area contributed by atoms with E-state index < -0.39 is 24.3 Å². The second-order valence-electron chi connectivity index (χ2n) is 8.58. The van der Waals surface area contributed by atoms with Gasteiger partial charge >= 0.3 is 18.0 Å². The van der Waals surface area contributed by atoms with Crippen molar-refractivity contribution >= 4 is 24.3 Å². The number of amides is 1. The second kappa shape index (κ2) is 28.6. The first-order valence-corrected chi connectivity index (χ1v) is 13.0. The van der Waals surface area contributed by atoms with Crippen molar-refractivity contribution in [2.75, 3.05) is 72.8 Å². The predicted molar refractivity (Wildman–Crippen MR) is 142 cm³/mol. The average molecular weight is 568 g/mol. The van der Waals surface area contributed by atoms with E-state index in [9.17, 15) is 24.3 Å². The number of alkyl carbamates (subject to hydrolysis) is 1. The first kappa shape index (κ1) is 38.7. The number of nitrogens with two attached hydrogens (primary N) is 1. The summed E-state index contributed by atoms with van der Waals surface area (Å²) in [5.41, 5.74) is 2.54. The molecule has 0 fully saturated rings. The normalized spacial score (nSPS) is 12.1. The molecule has 15 nitrogen and oxygen atoms in total. The lowest BCUT2D eigenvalue weighted by Gasteiger charge is -2.15.